The molecule has 0 saturated heterocycles. The first kappa shape index (κ1) is 15.7. The normalized spacial score (nSPS) is 11.6. The number of hydrogen-bond donors (Lipinski definition) is 0. The SMILES string of the molecule is CC(C)(C)c1cc(F)c(Oc2ccc(Cl)c(F)c2)c(F)c1. The van der Waals surface area contributed by atoms with Gasteiger partial charge in [-0.3, -0.25) is 0 Å². The van der Waals surface area contributed by atoms with Crippen molar-refractivity contribution in [3.63, 3.8) is 0 Å². The van der Waals surface area contributed by atoms with Crippen molar-refractivity contribution < 1.29 is 17.9 Å². The summed E-state index contributed by atoms with van der Waals surface area (Å²) >= 11 is 5.54. The van der Waals surface area contributed by atoms with E-state index < -0.39 is 28.6 Å². The topological polar surface area (TPSA) is 9.23 Å². The molecule has 0 radical (unpaired) electrons. The number of ether oxygens (including phenoxy) is 1. The third-order valence-electron chi connectivity index (χ3n) is 2.98. The maximum Gasteiger partial charge on any atom is 0.198 e. The Morgan fingerprint density at radius 1 is 0.905 bits per heavy atom. The fraction of sp³-hybridized carbons (Fsp3) is 0.250. The minimum atomic E-state index is -0.838. The Kier molecular flexibility index (Phi) is 4.19. The van der Waals surface area contributed by atoms with Gasteiger partial charge in [-0.15, -0.1) is 0 Å². The van der Waals surface area contributed by atoms with Crippen molar-refractivity contribution in [3.8, 4) is 11.5 Å². The van der Waals surface area contributed by atoms with Crippen molar-refractivity contribution in [2.45, 2.75) is 26.2 Å². The molecule has 0 atom stereocenters. The fourth-order valence-corrected chi connectivity index (χ4v) is 1.87. The van der Waals surface area contributed by atoms with Crippen molar-refractivity contribution in [3.05, 3.63) is 58.4 Å². The lowest BCUT2D eigenvalue weighted by atomic mass is 9.87. The lowest BCUT2D eigenvalue weighted by Crippen LogP contribution is -2.12. The molecular formula is C16H14ClF3O. The lowest BCUT2D eigenvalue weighted by molar-refractivity contribution is 0.401. The Labute approximate surface area is 126 Å². The van der Waals surface area contributed by atoms with Crippen molar-refractivity contribution in [2.24, 2.45) is 0 Å². The van der Waals surface area contributed by atoms with E-state index in [9.17, 15) is 13.2 Å². The molecule has 0 aliphatic heterocycles. The Morgan fingerprint density at radius 3 is 1.95 bits per heavy atom. The van der Waals surface area contributed by atoms with E-state index in [4.69, 9.17) is 16.3 Å². The van der Waals surface area contributed by atoms with E-state index in [1.165, 1.54) is 24.3 Å². The summed E-state index contributed by atoms with van der Waals surface area (Å²) < 4.78 is 46.4. The third kappa shape index (κ3) is 3.50. The highest BCUT2D eigenvalue weighted by atomic mass is 35.5. The second-order valence-corrected chi connectivity index (χ2v) is 6.10. The average molecular weight is 315 g/mol. The molecule has 0 unspecified atom stereocenters. The Balaban J connectivity index is 2.39. The van der Waals surface area contributed by atoms with Crippen LogP contribution in [0.25, 0.3) is 0 Å². The van der Waals surface area contributed by atoms with Crippen molar-refractivity contribution in [2.75, 3.05) is 0 Å². The average Bonchev–Trinajstić information content (AvgIpc) is 2.36. The smallest absolute Gasteiger partial charge is 0.198 e. The monoisotopic (exact) mass is 314 g/mol. The summed E-state index contributed by atoms with van der Waals surface area (Å²) in [5.74, 6) is -2.99. The van der Waals surface area contributed by atoms with Crippen LogP contribution in [0, 0.1) is 17.5 Å². The molecule has 1 nitrogen and oxygen atoms in total. The highest BCUT2D eigenvalue weighted by Crippen LogP contribution is 2.33. The molecule has 0 aliphatic rings. The molecule has 0 aromatic heterocycles. The molecule has 21 heavy (non-hydrogen) atoms. The maximum atomic E-state index is 14.0. The molecule has 0 spiro atoms. The van der Waals surface area contributed by atoms with Crippen LogP contribution in [0.3, 0.4) is 0 Å². The molecular weight excluding hydrogens is 301 g/mol. The van der Waals surface area contributed by atoms with Gasteiger partial charge in [-0.05, 0) is 35.2 Å². The van der Waals surface area contributed by atoms with Crippen LogP contribution in [0.2, 0.25) is 5.02 Å². The van der Waals surface area contributed by atoms with E-state index in [1.54, 1.807) is 0 Å². The van der Waals surface area contributed by atoms with Crippen LogP contribution in [0.15, 0.2) is 30.3 Å². The van der Waals surface area contributed by atoms with Crippen LogP contribution in [0.4, 0.5) is 13.2 Å². The first-order valence-electron chi connectivity index (χ1n) is 6.31. The van der Waals surface area contributed by atoms with Gasteiger partial charge in [0.1, 0.15) is 11.6 Å². The predicted octanol–water partition coefficient (Wildman–Crippen LogP) is 5.85. The Bertz CT molecular complexity index is 655. The molecule has 0 N–H and O–H groups in total. The minimum Gasteiger partial charge on any atom is -0.451 e. The number of rotatable bonds is 2. The zero-order chi connectivity index (χ0) is 15.8. The zero-order valence-corrected chi connectivity index (χ0v) is 12.6. The highest BCUT2D eigenvalue weighted by molar-refractivity contribution is 6.30. The van der Waals surface area contributed by atoms with Crippen molar-refractivity contribution in [1.29, 1.82) is 0 Å². The molecule has 2 aromatic carbocycles. The van der Waals surface area contributed by atoms with Gasteiger partial charge >= 0.3 is 0 Å². The Morgan fingerprint density at radius 2 is 1.48 bits per heavy atom. The highest BCUT2D eigenvalue weighted by Gasteiger charge is 2.20. The van der Waals surface area contributed by atoms with Crippen LogP contribution in [0.1, 0.15) is 26.3 Å². The van der Waals surface area contributed by atoms with E-state index in [1.807, 2.05) is 20.8 Å². The summed E-state index contributed by atoms with van der Waals surface area (Å²) in [7, 11) is 0. The van der Waals surface area contributed by atoms with Crippen LogP contribution < -0.4 is 4.74 Å². The molecule has 0 amide bonds. The van der Waals surface area contributed by atoms with Gasteiger partial charge < -0.3 is 4.74 Å². The van der Waals surface area contributed by atoms with E-state index in [0.29, 0.717) is 5.56 Å². The molecule has 0 fully saturated rings. The van der Waals surface area contributed by atoms with Gasteiger partial charge in [-0.25, -0.2) is 13.2 Å². The van der Waals surface area contributed by atoms with Gasteiger partial charge in [-0.1, -0.05) is 32.4 Å². The number of halogens is 4. The van der Waals surface area contributed by atoms with Gasteiger partial charge in [0.05, 0.1) is 5.02 Å². The third-order valence-corrected chi connectivity index (χ3v) is 3.28. The first-order chi connectivity index (χ1) is 9.68. The van der Waals surface area contributed by atoms with E-state index >= 15 is 0 Å². The maximum absolute atomic E-state index is 14.0. The van der Waals surface area contributed by atoms with E-state index in [2.05, 4.69) is 0 Å². The number of benzene rings is 2. The quantitative estimate of drug-likeness (QED) is 0.676. The van der Waals surface area contributed by atoms with Crippen molar-refractivity contribution in [1.82, 2.24) is 0 Å². The van der Waals surface area contributed by atoms with Crippen LogP contribution in [-0.4, -0.2) is 0 Å². The second kappa shape index (κ2) is 5.60. The van der Waals surface area contributed by atoms with E-state index in [0.717, 1.165) is 6.07 Å². The van der Waals surface area contributed by atoms with Crippen LogP contribution >= 0.6 is 11.6 Å². The molecule has 0 aliphatic carbocycles. The second-order valence-electron chi connectivity index (χ2n) is 5.70. The standard InChI is InChI=1S/C16H14ClF3O/c1-16(2,3)9-6-13(19)15(14(20)7-9)21-10-4-5-11(17)12(18)8-10/h4-8H,1-3H3. The van der Waals surface area contributed by atoms with E-state index in [-0.39, 0.29) is 10.8 Å². The fourth-order valence-electron chi connectivity index (χ4n) is 1.75. The van der Waals surface area contributed by atoms with Crippen molar-refractivity contribution >= 4 is 11.6 Å². The summed E-state index contributed by atoms with van der Waals surface area (Å²) in [6.45, 7) is 5.53. The largest absolute Gasteiger partial charge is 0.451 e. The first-order valence-corrected chi connectivity index (χ1v) is 6.68. The molecule has 5 heteroatoms. The van der Waals surface area contributed by atoms with Gasteiger partial charge in [0.2, 0.25) is 0 Å². The zero-order valence-electron chi connectivity index (χ0n) is 11.8. The van der Waals surface area contributed by atoms with Crippen LogP contribution in [-0.2, 0) is 5.41 Å². The summed E-state index contributed by atoms with van der Waals surface area (Å²) in [5.41, 5.74) is 0.110. The summed E-state index contributed by atoms with van der Waals surface area (Å²) in [6.07, 6.45) is 0. The molecule has 112 valence electrons. The molecule has 2 aromatic rings. The minimum absolute atomic E-state index is 0.0294. The lowest BCUT2D eigenvalue weighted by Gasteiger charge is -2.20. The summed E-state index contributed by atoms with van der Waals surface area (Å²) in [5, 5.41) is -0.0913. The Hall–Kier alpha value is -1.68. The molecule has 0 heterocycles. The number of hydrogen-bond acceptors (Lipinski definition) is 1. The van der Waals surface area contributed by atoms with Gasteiger partial charge in [0.15, 0.2) is 17.4 Å². The summed E-state index contributed by atoms with van der Waals surface area (Å²) in [4.78, 5) is 0. The molecule has 0 bridgehead atoms. The van der Waals surface area contributed by atoms with Crippen LogP contribution in [0.5, 0.6) is 11.5 Å². The van der Waals surface area contributed by atoms with Gasteiger partial charge in [0.25, 0.3) is 0 Å². The van der Waals surface area contributed by atoms with Gasteiger partial charge in [0, 0.05) is 6.07 Å². The molecule has 0 saturated carbocycles. The predicted molar refractivity (Wildman–Crippen MR) is 76.5 cm³/mol. The summed E-state index contributed by atoms with van der Waals surface area (Å²) in [6, 6.07) is 5.99. The van der Waals surface area contributed by atoms with Gasteiger partial charge in [-0.2, -0.15) is 0 Å². The molecule has 2 rings (SSSR count).